The molecule has 2 aromatic carbocycles. The molecule has 4 rings (SSSR count). The predicted molar refractivity (Wildman–Crippen MR) is 124 cm³/mol. The lowest BCUT2D eigenvalue weighted by Gasteiger charge is -2.30. The van der Waals surface area contributed by atoms with Gasteiger partial charge in [0.25, 0.3) is 0 Å². The van der Waals surface area contributed by atoms with Crippen LogP contribution in [0.25, 0.3) is 0 Å². The van der Waals surface area contributed by atoms with E-state index in [1.807, 2.05) is 67.6 Å². The molecule has 2 heterocycles. The Morgan fingerprint density at radius 3 is 2.70 bits per heavy atom. The lowest BCUT2D eigenvalue weighted by Crippen LogP contribution is -2.30. The van der Waals surface area contributed by atoms with Crippen molar-refractivity contribution in [3.05, 3.63) is 81.0 Å². The van der Waals surface area contributed by atoms with Crippen molar-refractivity contribution in [2.45, 2.75) is 39.7 Å². The second kappa shape index (κ2) is 8.84. The number of aryl methyl sites for hydroxylation is 2. The quantitative estimate of drug-likeness (QED) is 0.536. The summed E-state index contributed by atoms with van der Waals surface area (Å²) in [5, 5.41) is 5.17. The summed E-state index contributed by atoms with van der Waals surface area (Å²) in [5.41, 5.74) is 6.13. The zero-order valence-electron chi connectivity index (χ0n) is 17.4. The fourth-order valence-electron chi connectivity index (χ4n) is 3.81. The van der Waals surface area contributed by atoms with Crippen LogP contribution in [-0.4, -0.2) is 18.2 Å². The Kier molecular flexibility index (Phi) is 6.00. The summed E-state index contributed by atoms with van der Waals surface area (Å²) in [7, 11) is 0. The molecular weight excluding hydrogens is 392 g/mol. The van der Waals surface area contributed by atoms with Crippen LogP contribution in [-0.2, 0) is 17.8 Å². The van der Waals surface area contributed by atoms with Gasteiger partial charge in [-0.1, -0.05) is 24.3 Å². The standard InChI is InChI=1S/C25H26N2O2S/c1-17-7-8-19(15-18(17)2)23(28)9-10-25(29)26-21-5-3-4-6-22(21)27-13-11-24-20(16-27)12-14-30-24/h3-8,12,14-15H,9-11,13,16H2,1-2H3,(H,26,29). The minimum atomic E-state index is -0.132. The minimum Gasteiger partial charge on any atom is -0.365 e. The van der Waals surface area contributed by atoms with E-state index in [1.54, 1.807) is 0 Å². The first-order valence-electron chi connectivity index (χ1n) is 10.3. The van der Waals surface area contributed by atoms with Crippen molar-refractivity contribution in [1.82, 2.24) is 0 Å². The topological polar surface area (TPSA) is 49.4 Å². The number of hydrogen-bond acceptors (Lipinski definition) is 4. The number of thiophene rings is 1. The van der Waals surface area contributed by atoms with Crippen molar-refractivity contribution in [2.24, 2.45) is 0 Å². The minimum absolute atomic E-state index is 0.00236. The number of fused-ring (bicyclic) bond motifs is 1. The molecule has 0 saturated heterocycles. The fraction of sp³-hybridized carbons (Fsp3) is 0.280. The molecule has 1 amide bonds. The molecule has 0 unspecified atom stereocenters. The summed E-state index contributed by atoms with van der Waals surface area (Å²) in [5.74, 6) is -0.129. The van der Waals surface area contributed by atoms with E-state index < -0.39 is 0 Å². The number of para-hydroxylation sites is 2. The van der Waals surface area contributed by atoms with E-state index in [-0.39, 0.29) is 24.5 Å². The van der Waals surface area contributed by atoms with E-state index in [9.17, 15) is 9.59 Å². The molecule has 1 aromatic heterocycles. The van der Waals surface area contributed by atoms with Crippen LogP contribution in [0.2, 0.25) is 0 Å². The van der Waals surface area contributed by atoms with Crippen molar-refractivity contribution >= 4 is 34.4 Å². The van der Waals surface area contributed by atoms with Crippen LogP contribution in [0.4, 0.5) is 11.4 Å². The maximum atomic E-state index is 12.6. The molecule has 154 valence electrons. The van der Waals surface area contributed by atoms with Crippen molar-refractivity contribution < 1.29 is 9.59 Å². The molecule has 0 fully saturated rings. The van der Waals surface area contributed by atoms with Gasteiger partial charge in [0.05, 0.1) is 11.4 Å². The Hall–Kier alpha value is -2.92. The van der Waals surface area contributed by atoms with Gasteiger partial charge in [-0.25, -0.2) is 0 Å². The van der Waals surface area contributed by atoms with Gasteiger partial charge in [0, 0.05) is 36.4 Å². The number of nitrogens with one attached hydrogen (secondary N) is 1. The van der Waals surface area contributed by atoms with Crippen molar-refractivity contribution in [1.29, 1.82) is 0 Å². The molecule has 4 nitrogen and oxygen atoms in total. The largest absolute Gasteiger partial charge is 0.365 e. The number of hydrogen-bond donors (Lipinski definition) is 1. The lowest BCUT2D eigenvalue weighted by molar-refractivity contribution is -0.116. The van der Waals surface area contributed by atoms with E-state index in [1.165, 1.54) is 10.4 Å². The second-order valence-electron chi connectivity index (χ2n) is 7.83. The van der Waals surface area contributed by atoms with Gasteiger partial charge < -0.3 is 10.2 Å². The maximum absolute atomic E-state index is 12.6. The summed E-state index contributed by atoms with van der Waals surface area (Å²) in [4.78, 5) is 28.8. The van der Waals surface area contributed by atoms with Crippen LogP contribution < -0.4 is 10.2 Å². The molecular formula is C25H26N2O2S. The number of carbonyl (C=O) groups excluding carboxylic acids is 2. The monoisotopic (exact) mass is 418 g/mol. The summed E-state index contributed by atoms with van der Waals surface area (Å²) in [6.45, 7) is 5.81. The van der Waals surface area contributed by atoms with Crippen LogP contribution in [0.5, 0.6) is 0 Å². The molecule has 0 spiro atoms. The number of benzene rings is 2. The van der Waals surface area contributed by atoms with Gasteiger partial charge in [-0.05, 0) is 66.6 Å². The molecule has 0 radical (unpaired) electrons. The van der Waals surface area contributed by atoms with Gasteiger partial charge in [-0.3, -0.25) is 9.59 Å². The van der Waals surface area contributed by atoms with Gasteiger partial charge in [0.2, 0.25) is 5.91 Å². The number of amides is 1. The first-order chi connectivity index (χ1) is 14.5. The highest BCUT2D eigenvalue weighted by Gasteiger charge is 2.20. The molecule has 30 heavy (non-hydrogen) atoms. The van der Waals surface area contributed by atoms with Gasteiger partial charge in [0.1, 0.15) is 0 Å². The van der Waals surface area contributed by atoms with E-state index in [0.29, 0.717) is 5.56 Å². The van der Waals surface area contributed by atoms with Crippen molar-refractivity contribution in [2.75, 3.05) is 16.8 Å². The summed E-state index contributed by atoms with van der Waals surface area (Å²) in [6.07, 6.45) is 1.41. The van der Waals surface area contributed by atoms with E-state index in [0.717, 1.165) is 42.0 Å². The molecule has 1 aliphatic rings. The highest BCUT2D eigenvalue weighted by Crippen LogP contribution is 2.32. The van der Waals surface area contributed by atoms with Crippen LogP contribution in [0.1, 0.15) is 44.8 Å². The maximum Gasteiger partial charge on any atom is 0.224 e. The molecule has 1 aliphatic heterocycles. The highest BCUT2D eigenvalue weighted by atomic mass is 32.1. The van der Waals surface area contributed by atoms with Crippen molar-refractivity contribution in [3.8, 4) is 0 Å². The Morgan fingerprint density at radius 1 is 1.03 bits per heavy atom. The normalized spacial score (nSPS) is 13.1. The number of rotatable bonds is 6. The summed E-state index contributed by atoms with van der Waals surface area (Å²) >= 11 is 1.82. The molecule has 0 aliphatic carbocycles. The Labute approximate surface area is 181 Å². The van der Waals surface area contributed by atoms with E-state index in [2.05, 4.69) is 21.7 Å². The Bertz CT molecular complexity index is 1090. The third-order valence-electron chi connectivity index (χ3n) is 5.73. The second-order valence-corrected chi connectivity index (χ2v) is 8.83. The number of nitrogens with zero attached hydrogens (tertiary/aromatic N) is 1. The highest BCUT2D eigenvalue weighted by molar-refractivity contribution is 7.10. The molecule has 1 N–H and O–H groups in total. The summed E-state index contributed by atoms with van der Waals surface area (Å²) in [6, 6.07) is 15.8. The van der Waals surface area contributed by atoms with Crippen molar-refractivity contribution in [3.63, 3.8) is 0 Å². The average molecular weight is 419 g/mol. The van der Waals surface area contributed by atoms with E-state index >= 15 is 0 Å². The van der Waals surface area contributed by atoms with E-state index in [4.69, 9.17) is 0 Å². The average Bonchev–Trinajstić information content (AvgIpc) is 3.22. The smallest absolute Gasteiger partial charge is 0.224 e. The Balaban J connectivity index is 1.39. The SMILES string of the molecule is Cc1ccc(C(=O)CCC(=O)Nc2ccccc2N2CCc3sccc3C2)cc1C. The predicted octanol–water partition coefficient (Wildman–Crippen LogP) is 5.53. The van der Waals surface area contributed by atoms with Gasteiger partial charge in [-0.15, -0.1) is 11.3 Å². The van der Waals surface area contributed by atoms with Crippen LogP contribution in [0, 0.1) is 13.8 Å². The summed E-state index contributed by atoms with van der Waals surface area (Å²) < 4.78 is 0. The van der Waals surface area contributed by atoms with Gasteiger partial charge in [-0.2, -0.15) is 0 Å². The van der Waals surface area contributed by atoms with Gasteiger partial charge >= 0.3 is 0 Å². The third-order valence-corrected chi connectivity index (χ3v) is 6.76. The zero-order chi connectivity index (χ0) is 21.1. The first-order valence-corrected chi connectivity index (χ1v) is 11.2. The number of anilines is 2. The van der Waals surface area contributed by atoms with Crippen LogP contribution in [0.3, 0.4) is 0 Å². The molecule has 0 saturated carbocycles. The zero-order valence-corrected chi connectivity index (χ0v) is 18.2. The van der Waals surface area contributed by atoms with Crippen LogP contribution >= 0.6 is 11.3 Å². The lowest BCUT2D eigenvalue weighted by atomic mass is 10.0. The fourth-order valence-corrected chi connectivity index (χ4v) is 4.70. The third kappa shape index (κ3) is 4.46. The molecule has 0 bridgehead atoms. The van der Waals surface area contributed by atoms with Gasteiger partial charge in [0.15, 0.2) is 5.78 Å². The molecule has 5 heteroatoms. The molecule has 3 aromatic rings. The number of carbonyl (C=O) groups is 2. The molecule has 0 atom stereocenters. The number of Topliss-reactive ketones (excluding diaryl/α,β-unsaturated/α-hetero) is 1. The Morgan fingerprint density at radius 2 is 1.87 bits per heavy atom. The number of ketones is 1. The first kappa shape index (κ1) is 20.4. The van der Waals surface area contributed by atoms with Crippen LogP contribution in [0.15, 0.2) is 53.9 Å².